The number of nitrogens with zero attached hydrogens (tertiary/aromatic N) is 3. The Morgan fingerprint density at radius 1 is 1.22 bits per heavy atom. The first-order valence-corrected chi connectivity index (χ1v) is 7.28. The molecule has 0 saturated heterocycles. The van der Waals surface area contributed by atoms with Crippen molar-refractivity contribution in [1.82, 2.24) is 14.8 Å². The summed E-state index contributed by atoms with van der Waals surface area (Å²) in [5, 5.41) is 14.4. The molecule has 0 spiro atoms. The molecule has 0 aliphatic heterocycles. The Hall–Kier alpha value is -2.95. The van der Waals surface area contributed by atoms with Crippen LogP contribution >= 0.6 is 0 Å². The van der Waals surface area contributed by atoms with E-state index in [0.717, 1.165) is 17.0 Å². The molecule has 2 aromatic heterocycles. The number of para-hydroxylation sites is 1. The number of aromatic carboxylic acids is 1. The number of carboxylic acids is 1. The van der Waals surface area contributed by atoms with Crippen molar-refractivity contribution in [2.45, 2.75) is 13.8 Å². The minimum absolute atomic E-state index is 0.259. The number of hydrogen-bond acceptors (Lipinski definition) is 3. The fraction of sp³-hybridized carbons (Fsp3) is 0.167. The van der Waals surface area contributed by atoms with Crippen molar-refractivity contribution in [2.24, 2.45) is 7.05 Å². The van der Waals surface area contributed by atoms with Crippen molar-refractivity contribution in [1.29, 1.82) is 0 Å². The maximum atomic E-state index is 11.5. The highest BCUT2D eigenvalue weighted by atomic mass is 16.4. The van der Waals surface area contributed by atoms with E-state index < -0.39 is 5.97 Å². The van der Waals surface area contributed by atoms with Gasteiger partial charge in [-0.15, -0.1) is 0 Å². The third-order valence-corrected chi connectivity index (χ3v) is 3.95. The number of fused-ring (bicyclic) bond motifs is 1. The highest BCUT2D eigenvalue weighted by molar-refractivity contribution is 6.03. The average Bonchev–Trinajstić information content (AvgIpc) is 2.77. The van der Waals surface area contributed by atoms with Crippen molar-refractivity contribution < 1.29 is 9.90 Å². The smallest absolute Gasteiger partial charge is 0.336 e. The van der Waals surface area contributed by atoms with E-state index in [1.165, 1.54) is 0 Å². The van der Waals surface area contributed by atoms with E-state index in [0.29, 0.717) is 16.6 Å². The van der Waals surface area contributed by atoms with Crippen LogP contribution in [0.25, 0.3) is 23.1 Å². The normalized spacial score (nSPS) is 11.4. The summed E-state index contributed by atoms with van der Waals surface area (Å²) in [6.07, 6.45) is 3.76. The van der Waals surface area contributed by atoms with Crippen LogP contribution in [0.3, 0.4) is 0 Å². The van der Waals surface area contributed by atoms with Gasteiger partial charge in [-0.1, -0.05) is 18.2 Å². The number of pyridine rings is 1. The Morgan fingerprint density at radius 2 is 1.96 bits per heavy atom. The van der Waals surface area contributed by atoms with Crippen molar-refractivity contribution in [3.8, 4) is 0 Å². The van der Waals surface area contributed by atoms with Gasteiger partial charge in [-0.3, -0.25) is 4.68 Å². The molecule has 116 valence electrons. The van der Waals surface area contributed by atoms with Gasteiger partial charge in [-0.2, -0.15) is 5.10 Å². The molecule has 0 aliphatic rings. The zero-order valence-corrected chi connectivity index (χ0v) is 13.2. The number of carboxylic acid groups (broad SMARTS) is 1. The van der Waals surface area contributed by atoms with Crippen LogP contribution in [0.5, 0.6) is 0 Å². The number of carbonyl (C=O) groups is 1. The highest BCUT2D eigenvalue weighted by Crippen LogP contribution is 2.21. The summed E-state index contributed by atoms with van der Waals surface area (Å²) < 4.78 is 1.82. The first-order chi connectivity index (χ1) is 11.0. The van der Waals surface area contributed by atoms with E-state index in [4.69, 9.17) is 0 Å². The monoisotopic (exact) mass is 307 g/mol. The summed E-state index contributed by atoms with van der Waals surface area (Å²) in [7, 11) is 1.90. The quantitative estimate of drug-likeness (QED) is 0.804. The second kappa shape index (κ2) is 5.68. The van der Waals surface area contributed by atoms with E-state index in [-0.39, 0.29) is 5.56 Å². The second-order valence-corrected chi connectivity index (χ2v) is 5.46. The van der Waals surface area contributed by atoms with E-state index in [1.54, 1.807) is 12.1 Å². The Bertz CT molecular complexity index is 939. The van der Waals surface area contributed by atoms with Crippen molar-refractivity contribution in [2.75, 3.05) is 0 Å². The molecule has 2 heterocycles. The van der Waals surface area contributed by atoms with Gasteiger partial charge in [0.25, 0.3) is 0 Å². The molecule has 0 radical (unpaired) electrons. The predicted octanol–water partition coefficient (Wildman–Crippen LogP) is 3.45. The molecule has 0 aliphatic carbocycles. The molecule has 0 bridgehead atoms. The average molecular weight is 307 g/mol. The number of hydrogen-bond donors (Lipinski definition) is 1. The van der Waals surface area contributed by atoms with Crippen molar-refractivity contribution in [3.63, 3.8) is 0 Å². The van der Waals surface area contributed by atoms with Gasteiger partial charge in [-0.25, -0.2) is 9.78 Å². The van der Waals surface area contributed by atoms with Gasteiger partial charge < -0.3 is 5.11 Å². The van der Waals surface area contributed by atoms with Gasteiger partial charge in [0, 0.05) is 23.7 Å². The summed E-state index contributed by atoms with van der Waals surface area (Å²) in [5.41, 5.74) is 4.56. The van der Waals surface area contributed by atoms with Crippen LogP contribution in [0, 0.1) is 13.8 Å². The van der Waals surface area contributed by atoms with Crippen molar-refractivity contribution >= 4 is 29.0 Å². The van der Waals surface area contributed by atoms with Gasteiger partial charge in [0.05, 0.1) is 22.5 Å². The number of aromatic nitrogens is 3. The SMILES string of the molecule is Cc1nn(C)c(C)c1/C=C/c1cc(C(=O)O)c2ccccc2n1. The highest BCUT2D eigenvalue weighted by Gasteiger charge is 2.11. The fourth-order valence-electron chi connectivity index (χ4n) is 2.66. The van der Waals surface area contributed by atoms with Crippen LogP contribution in [-0.2, 0) is 7.05 Å². The largest absolute Gasteiger partial charge is 0.478 e. The molecule has 5 nitrogen and oxygen atoms in total. The second-order valence-electron chi connectivity index (χ2n) is 5.46. The molecule has 0 saturated carbocycles. The van der Waals surface area contributed by atoms with Crippen LogP contribution in [0.2, 0.25) is 0 Å². The maximum absolute atomic E-state index is 11.5. The molecule has 0 amide bonds. The van der Waals surface area contributed by atoms with E-state index in [1.807, 2.05) is 55.9 Å². The number of aryl methyl sites for hydroxylation is 2. The lowest BCUT2D eigenvalue weighted by Crippen LogP contribution is -2.00. The molecule has 0 atom stereocenters. The van der Waals surface area contributed by atoms with Gasteiger partial charge in [0.2, 0.25) is 0 Å². The topological polar surface area (TPSA) is 68.0 Å². The number of rotatable bonds is 3. The van der Waals surface area contributed by atoms with E-state index in [2.05, 4.69) is 10.1 Å². The zero-order chi connectivity index (χ0) is 16.6. The van der Waals surface area contributed by atoms with E-state index in [9.17, 15) is 9.90 Å². The summed E-state index contributed by atoms with van der Waals surface area (Å²) >= 11 is 0. The minimum Gasteiger partial charge on any atom is -0.478 e. The lowest BCUT2D eigenvalue weighted by molar-refractivity contribution is 0.0699. The fourth-order valence-corrected chi connectivity index (χ4v) is 2.66. The molecule has 23 heavy (non-hydrogen) atoms. The molecule has 3 aromatic rings. The summed E-state index contributed by atoms with van der Waals surface area (Å²) in [6.45, 7) is 3.94. The summed E-state index contributed by atoms with van der Waals surface area (Å²) in [5.74, 6) is -0.952. The summed E-state index contributed by atoms with van der Waals surface area (Å²) in [6, 6.07) is 8.86. The third-order valence-electron chi connectivity index (χ3n) is 3.95. The summed E-state index contributed by atoms with van der Waals surface area (Å²) in [4.78, 5) is 16.0. The third kappa shape index (κ3) is 2.73. The molecular weight excluding hydrogens is 290 g/mol. The van der Waals surface area contributed by atoms with Crippen LogP contribution in [0.15, 0.2) is 30.3 Å². The van der Waals surface area contributed by atoms with Crippen LogP contribution in [-0.4, -0.2) is 25.8 Å². The lowest BCUT2D eigenvalue weighted by Gasteiger charge is -2.04. The Kier molecular flexibility index (Phi) is 3.70. The maximum Gasteiger partial charge on any atom is 0.336 e. The molecule has 5 heteroatoms. The Balaban J connectivity index is 2.10. The molecular formula is C18H17N3O2. The van der Waals surface area contributed by atoms with Gasteiger partial charge in [0.15, 0.2) is 0 Å². The molecule has 0 unspecified atom stereocenters. The molecule has 0 fully saturated rings. The number of benzene rings is 1. The molecule has 3 rings (SSSR count). The molecule has 1 N–H and O–H groups in total. The van der Waals surface area contributed by atoms with Crippen LogP contribution in [0.4, 0.5) is 0 Å². The Morgan fingerprint density at radius 3 is 2.61 bits per heavy atom. The van der Waals surface area contributed by atoms with Gasteiger partial charge >= 0.3 is 5.97 Å². The Labute approximate surface area is 133 Å². The van der Waals surface area contributed by atoms with Crippen molar-refractivity contribution in [3.05, 3.63) is 58.5 Å². The predicted molar refractivity (Wildman–Crippen MR) is 90.3 cm³/mol. The van der Waals surface area contributed by atoms with Crippen LogP contribution < -0.4 is 0 Å². The minimum atomic E-state index is -0.952. The zero-order valence-electron chi connectivity index (χ0n) is 13.2. The lowest BCUT2D eigenvalue weighted by atomic mass is 10.1. The van der Waals surface area contributed by atoms with Crippen LogP contribution in [0.1, 0.15) is 33.0 Å². The van der Waals surface area contributed by atoms with Gasteiger partial charge in [-0.05, 0) is 38.1 Å². The first-order valence-electron chi connectivity index (χ1n) is 7.28. The van der Waals surface area contributed by atoms with E-state index >= 15 is 0 Å². The van der Waals surface area contributed by atoms with Gasteiger partial charge in [0.1, 0.15) is 0 Å². The standard InChI is InChI=1S/C18H17N3O2/c1-11-14(12(2)21(3)20-11)9-8-13-10-16(18(22)23)15-6-4-5-7-17(15)19-13/h4-10H,1-3H3,(H,22,23)/b9-8+. The first kappa shape index (κ1) is 15.0. The molecule has 1 aromatic carbocycles.